The number of nitrogens with one attached hydrogen (secondary N) is 1. The van der Waals surface area contributed by atoms with E-state index < -0.39 is 0 Å². The highest BCUT2D eigenvalue weighted by atomic mass is 32.2. The van der Waals surface area contributed by atoms with Crippen LogP contribution in [0.3, 0.4) is 0 Å². The molecule has 0 bridgehead atoms. The van der Waals surface area contributed by atoms with E-state index in [9.17, 15) is 4.79 Å². The summed E-state index contributed by atoms with van der Waals surface area (Å²) in [5, 5.41) is 3.37. The van der Waals surface area contributed by atoms with Crippen molar-refractivity contribution in [2.75, 3.05) is 19.0 Å². The number of rotatable bonds is 4. The lowest BCUT2D eigenvalue weighted by molar-refractivity contribution is -0.130. The van der Waals surface area contributed by atoms with Gasteiger partial charge >= 0.3 is 0 Å². The Bertz CT molecular complexity index is 289. The number of amides is 1. The zero-order valence-electron chi connectivity index (χ0n) is 11.2. The lowest BCUT2D eigenvalue weighted by Crippen LogP contribution is -2.40. The molecule has 3 unspecified atom stereocenters. The molecule has 0 spiro atoms. The van der Waals surface area contributed by atoms with Gasteiger partial charge in [-0.3, -0.25) is 10.1 Å². The Kier molecular flexibility index (Phi) is 4.03. The van der Waals surface area contributed by atoms with Crippen molar-refractivity contribution in [1.82, 2.24) is 10.2 Å². The Balaban J connectivity index is 1.93. The van der Waals surface area contributed by atoms with Crippen LogP contribution in [-0.2, 0) is 4.79 Å². The van der Waals surface area contributed by atoms with Crippen molar-refractivity contribution in [1.29, 1.82) is 0 Å². The van der Waals surface area contributed by atoms with Crippen LogP contribution >= 0.6 is 11.8 Å². The molecule has 1 N–H and O–H groups in total. The van der Waals surface area contributed by atoms with Crippen LogP contribution in [0.1, 0.15) is 40.0 Å². The Hall–Kier alpha value is -0.220. The fourth-order valence-corrected chi connectivity index (χ4v) is 4.07. The largest absolute Gasteiger partial charge is 0.327 e. The molecule has 0 aromatic heterocycles. The van der Waals surface area contributed by atoms with Crippen LogP contribution in [0.5, 0.6) is 0 Å². The number of thioether (sulfide) groups is 1. The number of carbonyl (C=O) groups is 1. The van der Waals surface area contributed by atoms with Crippen molar-refractivity contribution >= 4 is 17.7 Å². The first-order valence-corrected chi connectivity index (χ1v) is 7.70. The van der Waals surface area contributed by atoms with Gasteiger partial charge < -0.3 is 4.90 Å². The van der Waals surface area contributed by atoms with Crippen LogP contribution in [0.2, 0.25) is 0 Å². The summed E-state index contributed by atoms with van der Waals surface area (Å²) in [6, 6.07) is 0.0509. The summed E-state index contributed by atoms with van der Waals surface area (Å²) < 4.78 is 0.293. The van der Waals surface area contributed by atoms with Crippen molar-refractivity contribution in [3.05, 3.63) is 0 Å². The topological polar surface area (TPSA) is 32.3 Å². The third-order valence-corrected chi connectivity index (χ3v) is 5.64. The lowest BCUT2D eigenvalue weighted by atomic mass is 9.99. The van der Waals surface area contributed by atoms with Gasteiger partial charge in [0, 0.05) is 11.3 Å². The molecule has 0 saturated carbocycles. The maximum absolute atomic E-state index is 12.3. The van der Waals surface area contributed by atoms with Crippen LogP contribution in [0, 0.1) is 5.92 Å². The fraction of sp³-hybridized carbons (Fsp3) is 0.923. The summed E-state index contributed by atoms with van der Waals surface area (Å²) in [5.41, 5.74) is 0. The van der Waals surface area contributed by atoms with Gasteiger partial charge in [-0.25, -0.2) is 0 Å². The predicted octanol–water partition coefficient (Wildman–Crippen LogP) is 2.08. The molecule has 2 aliphatic rings. The minimum absolute atomic E-state index is 0.0509. The van der Waals surface area contributed by atoms with Crippen LogP contribution < -0.4 is 5.32 Å². The standard InChI is InChI=1S/C13H24N2OS/c1-4-10(2)11-12(16)15(9-14-11)8-13(3)6-5-7-17-13/h10-11,14H,4-9H2,1-3H3. The third-order valence-electron chi connectivity index (χ3n) is 4.12. The number of hydrogen-bond acceptors (Lipinski definition) is 3. The number of hydrogen-bond donors (Lipinski definition) is 1. The van der Waals surface area contributed by atoms with Gasteiger partial charge in [0.05, 0.1) is 12.7 Å². The first-order valence-electron chi connectivity index (χ1n) is 6.72. The SMILES string of the molecule is CCC(C)C1NCN(CC2(C)CCCS2)C1=O. The second-order valence-electron chi connectivity index (χ2n) is 5.66. The minimum atomic E-state index is 0.0509. The van der Waals surface area contributed by atoms with Crippen molar-refractivity contribution in [3.63, 3.8) is 0 Å². The maximum atomic E-state index is 12.3. The molecule has 0 aliphatic carbocycles. The molecule has 0 aromatic rings. The fourth-order valence-electron chi connectivity index (χ4n) is 2.75. The zero-order chi connectivity index (χ0) is 12.5. The first-order chi connectivity index (χ1) is 8.06. The van der Waals surface area contributed by atoms with Crippen LogP contribution in [-0.4, -0.2) is 40.6 Å². The van der Waals surface area contributed by atoms with Gasteiger partial charge in [-0.1, -0.05) is 20.3 Å². The normalized spacial score (nSPS) is 35.6. The quantitative estimate of drug-likeness (QED) is 0.836. The van der Waals surface area contributed by atoms with E-state index in [1.807, 2.05) is 16.7 Å². The number of nitrogens with zero attached hydrogens (tertiary/aromatic N) is 1. The summed E-state index contributed by atoms with van der Waals surface area (Å²) >= 11 is 2.03. The molecule has 4 heteroatoms. The molecule has 1 amide bonds. The average Bonchev–Trinajstić information content (AvgIpc) is 2.87. The molecule has 3 nitrogen and oxygen atoms in total. The second kappa shape index (κ2) is 5.19. The molecule has 3 atom stereocenters. The molecule has 2 heterocycles. The highest BCUT2D eigenvalue weighted by Crippen LogP contribution is 2.38. The first kappa shape index (κ1) is 13.2. The van der Waals surface area contributed by atoms with E-state index in [2.05, 4.69) is 26.1 Å². The molecule has 2 saturated heterocycles. The molecular weight excluding hydrogens is 232 g/mol. The van der Waals surface area contributed by atoms with E-state index in [-0.39, 0.29) is 6.04 Å². The maximum Gasteiger partial charge on any atom is 0.241 e. The van der Waals surface area contributed by atoms with Gasteiger partial charge in [0.15, 0.2) is 0 Å². The van der Waals surface area contributed by atoms with E-state index in [1.54, 1.807) is 0 Å². The minimum Gasteiger partial charge on any atom is -0.327 e. The van der Waals surface area contributed by atoms with Crippen molar-refractivity contribution < 1.29 is 4.79 Å². The molecular formula is C13H24N2OS. The van der Waals surface area contributed by atoms with E-state index in [0.717, 1.165) is 19.6 Å². The van der Waals surface area contributed by atoms with Crippen molar-refractivity contribution in [2.45, 2.75) is 50.8 Å². The van der Waals surface area contributed by atoms with E-state index >= 15 is 0 Å². The number of carbonyl (C=O) groups excluding carboxylic acids is 1. The van der Waals surface area contributed by atoms with Crippen LogP contribution in [0.25, 0.3) is 0 Å². The Morgan fingerprint density at radius 2 is 2.41 bits per heavy atom. The van der Waals surface area contributed by atoms with Gasteiger partial charge in [0.1, 0.15) is 0 Å². The Morgan fingerprint density at radius 1 is 1.65 bits per heavy atom. The predicted molar refractivity (Wildman–Crippen MR) is 73.1 cm³/mol. The highest BCUT2D eigenvalue weighted by Gasteiger charge is 2.39. The summed E-state index contributed by atoms with van der Waals surface area (Å²) in [4.78, 5) is 14.3. The monoisotopic (exact) mass is 256 g/mol. The van der Waals surface area contributed by atoms with Gasteiger partial charge in [-0.05, 0) is 31.4 Å². The molecule has 0 radical (unpaired) electrons. The molecule has 17 heavy (non-hydrogen) atoms. The van der Waals surface area contributed by atoms with E-state index in [1.165, 1.54) is 18.6 Å². The van der Waals surface area contributed by atoms with Crippen molar-refractivity contribution in [3.8, 4) is 0 Å². The van der Waals surface area contributed by atoms with Gasteiger partial charge in [-0.2, -0.15) is 11.8 Å². The molecule has 0 aromatic carbocycles. The highest BCUT2D eigenvalue weighted by molar-refractivity contribution is 8.00. The smallest absolute Gasteiger partial charge is 0.241 e. The summed E-state index contributed by atoms with van der Waals surface area (Å²) in [6.07, 6.45) is 3.60. The van der Waals surface area contributed by atoms with E-state index in [4.69, 9.17) is 0 Å². The van der Waals surface area contributed by atoms with Crippen LogP contribution in [0.15, 0.2) is 0 Å². The van der Waals surface area contributed by atoms with E-state index in [0.29, 0.717) is 16.6 Å². The van der Waals surface area contributed by atoms with Crippen molar-refractivity contribution in [2.24, 2.45) is 5.92 Å². The van der Waals surface area contributed by atoms with Gasteiger partial charge in [-0.15, -0.1) is 0 Å². The summed E-state index contributed by atoms with van der Waals surface area (Å²) in [5.74, 6) is 2.01. The summed E-state index contributed by atoms with van der Waals surface area (Å²) in [7, 11) is 0. The summed E-state index contributed by atoms with van der Waals surface area (Å²) in [6.45, 7) is 8.26. The zero-order valence-corrected chi connectivity index (χ0v) is 12.0. The van der Waals surface area contributed by atoms with Gasteiger partial charge in [0.25, 0.3) is 0 Å². The lowest BCUT2D eigenvalue weighted by Gasteiger charge is -2.28. The third kappa shape index (κ3) is 2.79. The Labute approximate surface area is 109 Å². The second-order valence-corrected chi connectivity index (χ2v) is 7.35. The Morgan fingerprint density at radius 3 is 3.00 bits per heavy atom. The van der Waals surface area contributed by atoms with Gasteiger partial charge in [0.2, 0.25) is 5.91 Å². The molecule has 2 aliphatic heterocycles. The molecule has 2 fully saturated rings. The average molecular weight is 256 g/mol. The van der Waals surface area contributed by atoms with Crippen LogP contribution in [0.4, 0.5) is 0 Å². The molecule has 2 rings (SSSR count). The molecule has 98 valence electrons.